The lowest BCUT2D eigenvalue weighted by molar-refractivity contribution is 0.130. The van der Waals surface area contributed by atoms with Crippen LogP contribution in [0.4, 0.5) is 5.69 Å². The van der Waals surface area contributed by atoms with E-state index in [0.717, 1.165) is 27.3 Å². The zero-order valence-electron chi connectivity index (χ0n) is 10.4. The van der Waals surface area contributed by atoms with Gasteiger partial charge in [0.15, 0.2) is 0 Å². The van der Waals surface area contributed by atoms with Crippen molar-refractivity contribution >= 4 is 33.2 Å². The van der Waals surface area contributed by atoms with Crippen LogP contribution in [0.25, 0.3) is 0 Å². The van der Waals surface area contributed by atoms with Crippen molar-refractivity contribution in [1.29, 1.82) is 0 Å². The van der Waals surface area contributed by atoms with E-state index < -0.39 is 0 Å². The minimum absolute atomic E-state index is 0.584. The molecule has 0 spiro atoms. The average molecular weight is 341 g/mol. The molecular formula is C15H15BrClNO. The van der Waals surface area contributed by atoms with Crippen molar-refractivity contribution in [3.8, 4) is 0 Å². The maximum atomic E-state index is 5.91. The molecule has 0 aromatic heterocycles. The second kappa shape index (κ2) is 7.53. The number of hydrogen-bond donors (Lipinski definition) is 1. The molecule has 0 heterocycles. The molecule has 0 saturated heterocycles. The van der Waals surface area contributed by atoms with Crippen LogP contribution in [0.2, 0.25) is 5.02 Å². The Balaban J connectivity index is 1.67. The zero-order chi connectivity index (χ0) is 13.5. The first kappa shape index (κ1) is 14.4. The third-order valence-corrected chi connectivity index (χ3v) is 3.29. The fourth-order valence-corrected chi connectivity index (χ4v) is 2.29. The van der Waals surface area contributed by atoms with Crippen molar-refractivity contribution in [1.82, 2.24) is 0 Å². The Kier molecular flexibility index (Phi) is 5.70. The van der Waals surface area contributed by atoms with E-state index in [4.69, 9.17) is 16.3 Å². The molecule has 2 nitrogen and oxygen atoms in total. The van der Waals surface area contributed by atoms with Gasteiger partial charge in [-0.3, -0.25) is 0 Å². The van der Waals surface area contributed by atoms with E-state index in [9.17, 15) is 0 Å². The van der Waals surface area contributed by atoms with Gasteiger partial charge in [-0.2, -0.15) is 0 Å². The molecule has 0 aliphatic rings. The molecule has 2 aromatic carbocycles. The van der Waals surface area contributed by atoms with Gasteiger partial charge in [0.25, 0.3) is 0 Å². The molecule has 100 valence electrons. The van der Waals surface area contributed by atoms with Crippen molar-refractivity contribution in [2.75, 3.05) is 18.5 Å². The fraction of sp³-hybridized carbons (Fsp3) is 0.200. The largest absolute Gasteiger partial charge is 0.383 e. The van der Waals surface area contributed by atoms with Crippen molar-refractivity contribution in [3.63, 3.8) is 0 Å². The summed E-state index contributed by atoms with van der Waals surface area (Å²) in [5, 5.41) is 4.05. The summed E-state index contributed by atoms with van der Waals surface area (Å²) in [6.45, 7) is 2.01. The Labute approximate surface area is 126 Å². The Bertz CT molecular complexity index is 486. The normalized spacial score (nSPS) is 10.4. The molecule has 1 N–H and O–H groups in total. The van der Waals surface area contributed by atoms with Gasteiger partial charge in [-0.15, -0.1) is 0 Å². The summed E-state index contributed by atoms with van der Waals surface area (Å²) in [7, 11) is 0. The Morgan fingerprint density at radius 1 is 1.11 bits per heavy atom. The highest BCUT2D eigenvalue weighted by atomic mass is 79.9. The summed E-state index contributed by atoms with van der Waals surface area (Å²) in [5.74, 6) is 0. The van der Waals surface area contributed by atoms with E-state index in [1.54, 1.807) is 0 Å². The van der Waals surface area contributed by atoms with E-state index in [-0.39, 0.29) is 0 Å². The van der Waals surface area contributed by atoms with Gasteiger partial charge in [-0.05, 0) is 35.9 Å². The molecule has 0 atom stereocenters. The van der Waals surface area contributed by atoms with Gasteiger partial charge in [-0.1, -0.05) is 45.7 Å². The van der Waals surface area contributed by atoms with Crippen LogP contribution in [0.3, 0.4) is 0 Å². The van der Waals surface area contributed by atoms with Gasteiger partial charge >= 0.3 is 0 Å². The molecule has 0 saturated carbocycles. The van der Waals surface area contributed by atoms with Gasteiger partial charge < -0.3 is 10.1 Å². The number of rotatable bonds is 6. The number of hydrogen-bond acceptors (Lipinski definition) is 2. The smallest absolute Gasteiger partial charge is 0.0718 e. The first-order chi connectivity index (χ1) is 9.24. The quantitative estimate of drug-likeness (QED) is 0.768. The molecular weight excluding hydrogens is 326 g/mol. The lowest BCUT2D eigenvalue weighted by atomic mass is 10.2. The summed E-state index contributed by atoms with van der Waals surface area (Å²) in [6.07, 6.45) is 0. The van der Waals surface area contributed by atoms with E-state index in [0.29, 0.717) is 13.2 Å². The first-order valence-corrected chi connectivity index (χ1v) is 7.23. The lowest BCUT2D eigenvalue weighted by Crippen LogP contribution is -2.09. The van der Waals surface area contributed by atoms with Crippen molar-refractivity contribution in [2.45, 2.75) is 6.61 Å². The molecule has 4 heteroatoms. The predicted octanol–water partition coefficient (Wildman–Crippen LogP) is 4.73. The SMILES string of the molecule is Clc1cccc(COCCNc2cccc(Br)c2)c1. The summed E-state index contributed by atoms with van der Waals surface area (Å²) in [5.41, 5.74) is 2.18. The van der Waals surface area contributed by atoms with E-state index in [1.807, 2.05) is 48.5 Å². The second-order valence-electron chi connectivity index (χ2n) is 4.12. The minimum atomic E-state index is 0.584. The van der Waals surface area contributed by atoms with Gasteiger partial charge in [0.2, 0.25) is 0 Å². The van der Waals surface area contributed by atoms with Crippen LogP contribution < -0.4 is 5.32 Å². The number of benzene rings is 2. The molecule has 0 unspecified atom stereocenters. The predicted molar refractivity (Wildman–Crippen MR) is 83.7 cm³/mol. The average Bonchev–Trinajstić information content (AvgIpc) is 2.38. The standard InChI is InChI=1S/C15H15BrClNO/c16-13-4-2-6-15(10-13)18-7-8-19-11-12-3-1-5-14(17)9-12/h1-6,9-10,18H,7-8,11H2. The minimum Gasteiger partial charge on any atom is -0.383 e. The first-order valence-electron chi connectivity index (χ1n) is 6.06. The molecule has 19 heavy (non-hydrogen) atoms. The third kappa shape index (κ3) is 5.23. The molecule has 2 aromatic rings. The second-order valence-corrected chi connectivity index (χ2v) is 5.47. The maximum Gasteiger partial charge on any atom is 0.0718 e. The summed E-state index contributed by atoms with van der Waals surface area (Å²) >= 11 is 9.35. The topological polar surface area (TPSA) is 21.3 Å². The number of anilines is 1. The molecule has 0 aliphatic carbocycles. The summed E-state index contributed by atoms with van der Waals surface area (Å²) < 4.78 is 6.66. The Hall–Kier alpha value is -1.03. The molecule has 2 rings (SSSR count). The van der Waals surface area contributed by atoms with E-state index in [1.165, 1.54) is 0 Å². The van der Waals surface area contributed by atoms with Crippen LogP contribution in [0, 0.1) is 0 Å². The highest BCUT2D eigenvalue weighted by Gasteiger charge is 1.96. The van der Waals surface area contributed by atoms with Crippen LogP contribution in [0.15, 0.2) is 53.0 Å². The van der Waals surface area contributed by atoms with Gasteiger partial charge in [0, 0.05) is 21.7 Å². The molecule has 0 fully saturated rings. The Morgan fingerprint density at radius 3 is 2.74 bits per heavy atom. The van der Waals surface area contributed by atoms with Crippen molar-refractivity contribution in [3.05, 3.63) is 63.6 Å². The molecule has 0 amide bonds. The van der Waals surface area contributed by atoms with Crippen molar-refractivity contribution < 1.29 is 4.74 Å². The highest BCUT2D eigenvalue weighted by Crippen LogP contribution is 2.15. The van der Waals surface area contributed by atoms with Crippen LogP contribution >= 0.6 is 27.5 Å². The maximum absolute atomic E-state index is 5.91. The van der Waals surface area contributed by atoms with E-state index in [2.05, 4.69) is 21.2 Å². The number of nitrogens with one attached hydrogen (secondary N) is 1. The molecule has 0 radical (unpaired) electrons. The summed E-state index contributed by atoms with van der Waals surface area (Å²) in [4.78, 5) is 0. The fourth-order valence-electron chi connectivity index (χ4n) is 1.68. The summed E-state index contributed by atoms with van der Waals surface area (Å²) in [6, 6.07) is 15.8. The van der Waals surface area contributed by atoms with Crippen molar-refractivity contribution in [2.24, 2.45) is 0 Å². The molecule has 0 bridgehead atoms. The van der Waals surface area contributed by atoms with Gasteiger partial charge in [0.05, 0.1) is 13.2 Å². The number of ether oxygens (including phenoxy) is 1. The monoisotopic (exact) mass is 339 g/mol. The van der Waals surface area contributed by atoms with Crippen LogP contribution in [-0.4, -0.2) is 13.2 Å². The van der Waals surface area contributed by atoms with Crippen LogP contribution in [0.1, 0.15) is 5.56 Å². The lowest BCUT2D eigenvalue weighted by Gasteiger charge is -2.08. The Morgan fingerprint density at radius 2 is 1.95 bits per heavy atom. The van der Waals surface area contributed by atoms with E-state index >= 15 is 0 Å². The van der Waals surface area contributed by atoms with Crippen LogP contribution in [-0.2, 0) is 11.3 Å². The third-order valence-electron chi connectivity index (χ3n) is 2.56. The van der Waals surface area contributed by atoms with Crippen LogP contribution in [0.5, 0.6) is 0 Å². The van der Waals surface area contributed by atoms with Gasteiger partial charge in [0.1, 0.15) is 0 Å². The van der Waals surface area contributed by atoms with Gasteiger partial charge in [-0.25, -0.2) is 0 Å². The number of halogens is 2. The highest BCUT2D eigenvalue weighted by molar-refractivity contribution is 9.10. The molecule has 0 aliphatic heterocycles. The zero-order valence-corrected chi connectivity index (χ0v) is 12.7.